The number of rotatable bonds is 4. The van der Waals surface area contributed by atoms with Crippen molar-refractivity contribution in [3.8, 4) is 0 Å². The van der Waals surface area contributed by atoms with Crippen molar-refractivity contribution in [1.82, 2.24) is 9.78 Å². The number of aliphatic hydroxyl groups excluding tert-OH is 1. The molecule has 0 aliphatic heterocycles. The molecule has 4 heteroatoms. The highest BCUT2D eigenvalue weighted by atomic mass is 16.3. The van der Waals surface area contributed by atoms with Crippen LogP contribution in [-0.2, 0) is 6.42 Å². The molecule has 0 bridgehead atoms. The standard InChI is InChI=1S/C13H21N3O/c14-13(6-7-13)5-4-10-8-15-16(9-10)11-2-1-3-12(11)17/h8-9,11-12,17H,1-7,14H2. The van der Waals surface area contributed by atoms with Gasteiger partial charge in [0, 0.05) is 11.7 Å². The van der Waals surface area contributed by atoms with Gasteiger partial charge in [0.1, 0.15) is 0 Å². The molecule has 0 amide bonds. The van der Waals surface area contributed by atoms with Crippen molar-refractivity contribution in [2.45, 2.75) is 62.6 Å². The maximum atomic E-state index is 9.84. The summed E-state index contributed by atoms with van der Waals surface area (Å²) in [5, 5.41) is 14.2. The third-order valence-electron chi connectivity index (χ3n) is 4.24. The van der Waals surface area contributed by atoms with Gasteiger partial charge in [0.15, 0.2) is 0 Å². The van der Waals surface area contributed by atoms with Gasteiger partial charge in [0.05, 0.1) is 18.3 Å². The van der Waals surface area contributed by atoms with Gasteiger partial charge in [-0.1, -0.05) is 0 Å². The monoisotopic (exact) mass is 235 g/mol. The molecule has 2 atom stereocenters. The first-order valence-electron chi connectivity index (χ1n) is 6.66. The summed E-state index contributed by atoms with van der Waals surface area (Å²) >= 11 is 0. The summed E-state index contributed by atoms with van der Waals surface area (Å²) in [7, 11) is 0. The number of aliphatic hydroxyl groups is 1. The van der Waals surface area contributed by atoms with Gasteiger partial charge in [-0.3, -0.25) is 4.68 Å². The van der Waals surface area contributed by atoms with Crippen LogP contribution in [0.2, 0.25) is 0 Å². The smallest absolute Gasteiger partial charge is 0.0778 e. The summed E-state index contributed by atoms with van der Waals surface area (Å²) in [6.45, 7) is 0. The molecule has 94 valence electrons. The van der Waals surface area contributed by atoms with Crippen LogP contribution < -0.4 is 5.73 Å². The summed E-state index contributed by atoms with van der Waals surface area (Å²) in [4.78, 5) is 0. The van der Waals surface area contributed by atoms with Crippen LogP contribution >= 0.6 is 0 Å². The first kappa shape index (κ1) is 11.2. The van der Waals surface area contributed by atoms with Crippen LogP contribution in [0.5, 0.6) is 0 Å². The van der Waals surface area contributed by atoms with Gasteiger partial charge in [-0.15, -0.1) is 0 Å². The molecule has 3 rings (SSSR count). The van der Waals surface area contributed by atoms with Gasteiger partial charge in [0.25, 0.3) is 0 Å². The molecule has 0 spiro atoms. The zero-order valence-corrected chi connectivity index (χ0v) is 10.2. The molecule has 2 saturated carbocycles. The van der Waals surface area contributed by atoms with E-state index in [0.717, 1.165) is 32.1 Å². The Morgan fingerprint density at radius 2 is 2.29 bits per heavy atom. The van der Waals surface area contributed by atoms with Gasteiger partial charge in [-0.25, -0.2) is 0 Å². The first-order valence-corrected chi connectivity index (χ1v) is 6.66. The maximum absolute atomic E-state index is 9.84. The third-order valence-corrected chi connectivity index (χ3v) is 4.24. The van der Waals surface area contributed by atoms with Crippen molar-refractivity contribution >= 4 is 0 Å². The van der Waals surface area contributed by atoms with Crippen LogP contribution in [0.3, 0.4) is 0 Å². The lowest BCUT2D eigenvalue weighted by atomic mass is 10.1. The van der Waals surface area contributed by atoms with E-state index in [1.807, 2.05) is 10.9 Å². The van der Waals surface area contributed by atoms with Gasteiger partial charge >= 0.3 is 0 Å². The number of hydrogen-bond acceptors (Lipinski definition) is 3. The molecule has 17 heavy (non-hydrogen) atoms. The fraction of sp³-hybridized carbons (Fsp3) is 0.769. The van der Waals surface area contributed by atoms with Crippen molar-refractivity contribution in [2.75, 3.05) is 0 Å². The maximum Gasteiger partial charge on any atom is 0.0778 e. The summed E-state index contributed by atoms with van der Waals surface area (Å²) in [6, 6.07) is 0.191. The van der Waals surface area contributed by atoms with Crippen LogP contribution in [0.25, 0.3) is 0 Å². The highest BCUT2D eigenvalue weighted by Crippen LogP contribution is 2.36. The normalized spacial score (nSPS) is 30.7. The predicted octanol–water partition coefficient (Wildman–Crippen LogP) is 1.39. The summed E-state index contributed by atoms with van der Waals surface area (Å²) < 4.78 is 1.95. The number of nitrogens with two attached hydrogens (primary N) is 1. The average molecular weight is 235 g/mol. The third kappa shape index (κ3) is 2.38. The molecule has 0 aromatic carbocycles. The highest BCUT2D eigenvalue weighted by Gasteiger charge is 2.37. The zero-order valence-electron chi connectivity index (χ0n) is 10.2. The Labute approximate surface area is 102 Å². The molecule has 1 aromatic rings. The topological polar surface area (TPSA) is 64.1 Å². The van der Waals surface area contributed by atoms with Gasteiger partial charge in [0.2, 0.25) is 0 Å². The van der Waals surface area contributed by atoms with E-state index in [1.54, 1.807) is 0 Å². The number of nitrogens with zero attached hydrogens (tertiary/aromatic N) is 2. The second kappa shape index (κ2) is 4.10. The SMILES string of the molecule is NC1(CCc2cnn(C3CCCC3O)c2)CC1. The Balaban J connectivity index is 1.61. The van der Waals surface area contributed by atoms with Crippen molar-refractivity contribution in [2.24, 2.45) is 5.73 Å². The van der Waals surface area contributed by atoms with Crippen LogP contribution in [-0.4, -0.2) is 26.5 Å². The highest BCUT2D eigenvalue weighted by molar-refractivity contribution is 5.09. The Morgan fingerprint density at radius 3 is 2.94 bits per heavy atom. The van der Waals surface area contributed by atoms with E-state index in [9.17, 15) is 5.11 Å². The largest absolute Gasteiger partial charge is 0.391 e. The molecule has 4 nitrogen and oxygen atoms in total. The Kier molecular flexibility index (Phi) is 2.71. The molecule has 3 N–H and O–H groups in total. The molecule has 0 saturated heterocycles. The van der Waals surface area contributed by atoms with E-state index in [4.69, 9.17) is 5.73 Å². The van der Waals surface area contributed by atoms with E-state index < -0.39 is 0 Å². The second-order valence-corrected chi connectivity index (χ2v) is 5.76. The van der Waals surface area contributed by atoms with Crippen molar-refractivity contribution in [3.63, 3.8) is 0 Å². The lowest BCUT2D eigenvalue weighted by Gasteiger charge is -2.14. The average Bonchev–Trinajstić information content (AvgIpc) is 2.75. The fourth-order valence-electron chi connectivity index (χ4n) is 2.72. The molecule has 2 aliphatic carbocycles. The van der Waals surface area contributed by atoms with Crippen molar-refractivity contribution in [3.05, 3.63) is 18.0 Å². The minimum absolute atomic E-state index is 0.120. The van der Waals surface area contributed by atoms with E-state index in [2.05, 4.69) is 11.3 Å². The molecule has 1 heterocycles. The van der Waals surface area contributed by atoms with Crippen molar-refractivity contribution < 1.29 is 5.11 Å². The Bertz CT molecular complexity index is 397. The van der Waals surface area contributed by atoms with E-state index >= 15 is 0 Å². The van der Waals surface area contributed by atoms with E-state index in [-0.39, 0.29) is 17.7 Å². The molecule has 2 aliphatic rings. The number of hydrogen-bond donors (Lipinski definition) is 2. The summed E-state index contributed by atoms with van der Waals surface area (Å²) in [5.41, 5.74) is 7.45. The van der Waals surface area contributed by atoms with Crippen LogP contribution in [0, 0.1) is 0 Å². The molecular formula is C13H21N3O. The lowest BCUT2D eigenvalue weighted by Crippen LogP contribution is -2.22. The Morgan fingerprint density at radius 1 is 1.47 bits per heavy atom. The zero-order chi connectivity index (χ0) is 11.9. The predicted molar refractivity (Wildman–Crippen MR) is 65.6 cm³/mol. The quantitative estimate of drug-likeness (QED) is 0.829. The molecule has 1 aromatic heterocycles. The lowest BCUT2D eigenvalue weighted by molar-refractivity contribution is 0.130. The second-order valence-electron chi connectivity index (χ2n) is 5.76. The van der Waals surface area contributed by atoms with E-state index in [0.29, 0.717) is 0 Å². The Hall–Kier alpha value is -0.870. The molecule has 2 fully saturated rings. The molecule has 0 radical (unpaired) electrons. The van der Waals surface area contributed by atoms with Crippen LogP contribution in [0.4, 0.5) is 0 Å². The summed E-state index contributed by atoms with van der Waals surface area (Å²) in [6.07, 6.45) is 11.3. The minimum atomic E-state index is -0.216. The van der Waals surface area contributed by atoms with Gasteiger partial charge < -0.3 is 10.8 Å². The van der Waals surface area contributed by atoms with Crippen LogP contribution in [0.15, 0.2) is 12.4 Å². The minimum Gasteiger partial charge on any atom is -0.391 e. The van der Waals surface area contributed by atoms with E-state index in [1.165, 1.54) is 18.4 Å². The van der Waals surface area contributed by atoms with Gasteiger partial charge in [-0.05, 0) is 50.5 Å². The van der Waals surface area contributed by atoms with Gasteiger partial charge in [-0.2, -0.15) is 5.10 Å². The number of aryl methyl sites for hydroxylation is 1. The number of aromatic nitrogens is 2. The molecular weight excluding hydrogens is 214 g/mol. The van der Waals surface area contributed by atoms with Crippen molar-refractivity contribution in [1.29, 1.82) is 0 Å². The molecule has 2 unspecified atom stereocenters. The fourth-order valence-corrected chi connectivity index (χ4v) is 2.72. The summed E-state index contributed by atoms with van der Waals surface area (Å²) in [5.74, 6) is 0. The van der Waals surface area contributed by atoms with Crippen LogP contribution in [0.1, 0.15) is 50.1 Å². The first-order chi connectivity index (χ1) is 8.16.